The normalized spacial score (nSPS) is 12.6. The number of amides is 1. The topological polar surface area (TPSA) is 102 Å². The van der Waals surface area contributed by atoms with Crippen LogP contribution in [0.5, 0.6) is 5.75 Å². The van der Waals surface area contributed by atoms with Crippen LogP contribution in [-0.2, 0) is 12.8 Å². The average molecular weight is 379 g/mol. The lowest BCUT2D eigenvalue weighted by molar-refractivity contribution is 0.0946. The maximum atomic E-state index is 12.4. The van der Waals surface area contributed by atoms with Crippen molar-refractivity contribution < 1.29 is 9.53 Å². The lowest BCUT2D eigenvalue weighted by Gasteiger charge is -2.09. The van der Waals surface area contributed by atoms with Crippen molar-refractivity contribution in [3.8, 4) is 11.6 Å². The number of aromatic amines is 1. The Kier molecular flexibility index (Phi) is 4.92. The Morgan fingerprint density at radius 2 is 2.11 bits per heavy atom. The fourth-order valence-corrected chi connectivity index (χ4v) is 3.39. The summed E-state index contributed by atoms with van der Waals surface area (Å²) in [5, 5.41) is 13.3. The van der Waals surface area contributed by atoms with Crippen LogP contribution in [-0.4, -0.2) is 39.0 Å². The molecule has 0 saturated heterocycles. The number of aromatic nitrogens is 4. The summed E-state index contributed by atoms with van der Waals surface area (Å²) < 4.78 is 7.26. The van der Waals surface area contributed by atoms with Crippen molar-refractivity contribution in [3.05, 3.63) is 69.3 Å². The molecule has 0 unspecified atom stereocenters. The highest BCUT2D eigenvalue weighted by molar-refractivity contribution is 5.95. The van der Waals surface area contributed by atoms with Crippen molar-refractivity contribution in [2.45, 2.75) is 26.2 Å². The van der Waals surface area contributed by atoms with Crippen LogP contribution < -0.4 is 15.6 Å². The number of nitrogens with one attached hydrogen (secondary N) is 2. The van der Waals surface area contributed by atoms with Crippen LogP contribution in [0.25, 0.3) is 5.82 Å². The Hall–Kier alpha value is -3.42. The number of ether oxygens (including phenoxy) is 1. The van der Waals surface area contributed by atoms with Crippen molar-refractivity contribution in [3.63, 3.8) is 0 Å². The third-order valence-corrected chi connectivity index (χ3v) is 4.86. The van der Waals surface area contributed by atoms with E-state index in [0.29, 0.717) is 30.2 Å². The first-order valence-electron chi connectivity index (χ1n) is 9.25. The van der Waals surface area contributed by atoms with E-state index in [0.717, 1.165) is 18.6 Å². The molecule has 4 rings (SSSR count). The second kappa shape index (κ2) is 7.67. The minimum atomic E-state index is -0.296. The highest BCUT2D eigenvalue weighted by atomic mass is 16.5. The van der Waals surface area contributed by atoms with Gasteiger partial charge in [0.1, 0.15) is 12.4 Å². The molecule has 0 fully saturated rings. The van der Waals surface area contributed by atoms with Crippen molar-refractivity contribution in [1.82, 2.24) is 25.3 Å². The predicted molar refractivity (Wildman–Crippen MR) is 103 cm³/mol. The van der Waals surface area contributed by atoms with Gasteiger partial charge in [-0.15, -0.1) is 0 Å². The maximum absolute atomic E-state index is 12.4. The van der Waals surface area contributed by atoms with Crippen LogP contribution in [0.4, 0.5) is 0 Å². The van der Waals surface area contributed by atoms with E-state index in [4.69, 9.17) is 4.74 Å². The first-order valence-corrected chi connectivity index (χ1v) is 9.25. The Morgan fingerprint density at radius 3 is 2.93 bits per heavy atom. The zero-order chi connectivity index (χ0) is 19.5. The Labute approximate surface area is 161 Å². The average Bonchev–Trinajstić information content (AvgIpc) is 3.32. The zero-order valence-electron chi connectivity index (χ0n) is 15.6. The summed E-state index contributed by atoms with van der Waals surface area (Å²) in [6, 6.07) is 9.11. The number of H-pyrrole nitrogens is 1. The predicted octanol–water partition coefficient (Wildman–Crippen LogP) is 1.56. The SMILES string of the molecule is Cc1c(C(=O)NCCOc2ccc3c(c2)CCC3)cnn1-c1ccc(=O)[nH]n1. The molecule has 0 atom stereocenters. The van der Waals surface area contributed by atoms with E-state index in [9.17, 15) is 9.59 Å². The summed E-state index contributed by atoms with van der Waals surface area (Å²) in [6.45, 7) is 2.55. The third-order valence-electron chi connectivity index (χ3n) is 4.86. The van der Waals surface area contributed by atoms with Gasteiger partial charge in [0.2, 0.25) is 0 Å². The molecular weight excluding hydrogens is 358 g/mol. The summed E-state index contributed by atoms with van der Waals surface area (Å²) in [5.41, 5.74) is 3.56. The van der Waals surface area contributed by atoms with Gasteiger partial charge in [-0.25, -0.2) is 9.78 Å². The van der Waals surface area contributed by atoms with Gasteiger partial charge in [0.25, 0.3) is 11.5 Å². The minimum absolute atomic E-state index is 0.231. The molecule has 1 aliphatic carbocycles. The molecule has 0 bridgehead atoms. The van der Waals surface area contributed by atoms with Crippen molar-refractivity contribution in [2.24, 2.45) is 0 Å². The van der Waals surface area contributed by atoms with Crippen LogP contribution in [0.2, 0.25) is 0 Å². The van der Waals surface area contributed by atoms with E-state index >= 15 is 0 Å². The molecule has 1 aromatic carbocycles. The minimum Gasteiger partial charge on any atom is -0.492 e. The Morgan fingerprint density at radius 1 is 1.25 bits per heavy atom. The van der Waals surface area contributed by atoms with Gasteiger partial charge in [0, 0.05) is 6.07 Å². The molecule has 0 saturated carbocycles. The van der Waals surface area contributed by atoms with E-state index in [2.05, 4.69) is 32.7 Å². The van der Waals surface area contributed by atoms with Gasteiger partial charge in [-0.2, -0.15) is 10.2 Å². The zero-order valence-corrected chi connectivity index (χ0v) is 15.6. The quantitative estimate of drug-likeness (QED) is 0.633. The van der Waals surface area contributed by atoms with E-state index in [1.54, 1.807) is 13.0 Å². The van der Waals surface area contributed by atoms with Crippen molar-refractivity contribution >= 4 is 5.91 Å². The number of rotatable bonds is 6. The lowest BCUT2D eigenvalue weighted by Crippen LogP contribution is -2.28. The van der Waals surface area contributed by atoms with E-state index < -0.39 is 0 Å². The molecule has 2 N–H and O–H groups in total. The van der Waals surface area contributed by atoms with E-state index in [1.165, 1.54) is 34.5 Å². The van der Waals surface area contributed by atoms with Crippen LogP contribution in [0.3, 0.4) is 0 Å². The monoisotopic (exact) mass is 379 g/mol. The molecule has 2 aromatic heterocycles. The standard InChI is InChI=1S/C20H21N5O3/c1-13-17(12-22-25(13)18-7-8-19(26)24-23-18)20(27)21-9-10-28-16-6-5-14-3-2-4-15(14)11-16/h5-8,11-12H,2-4,9-10H2,1H3,(H,21,27)(H,24,26). The number of aryl methyl sites for hydroxylation is 2. The number of fused-ring (bicyclic) bond motifs is 1. The molecule has 8 nitrogen and oxygen atoms in total. The molecule has 28 heavy (non-hydrogen) atoms. The van der Waals surface area contributed by atoms with Gasteiger partial charge in [-0.3, -0.25) is 9.59 Å². The number of carbonyl (C=O) groups is 1. The second-order valence-corrected chi connectivity index (χ2v) is 6.72. The van der Waals surface area contributed by atoms with Gasteiger partial charge in [-0.05, 0) is 55.5 Å². The lowest BCUT2D eigenvalue weighted by atomic mass is 10.1. The Balaban J connectivity index is 1.33. The molecule has 0 radical (unpaired) electrons. The first-order chi connectivity index (χ1) is 13.6. The van der Waals surface area contributed by atoms with E-state index in [-0.39, 0.29) is 11.5 Å². The first kappa shape index (κ1) is 18.0. The van der Waals surface area contributed by atoms with Crippen LogP contribution in [0, 0.1) is 6.92 Å². The van der Waals surface area contributed by atoms with Crippen molar-refractivity contribution in [1.29, 1.82) is 0 Å². The van der Waals surface area contributed by atoms with E-state index in [1.807, 2.05) is 6.07 Å². The fourth-order valence-electron chi connectivity index (χ4n) is 3.39. The van der Waals surface area contributed by atoms with Gasteiger partial charge < -0.3 is 10.1 Å². The molecule has 2 heterocycles. The summed E-state index contributed by atoms with van der Waals surface area (Å²) >= 11 is 0. The number of nitrogens with zero attached hydrogens (tertiary/aromatic N) is 3. The highest BCUT2D eigenvalue weighted by Crippen LogP contribution is 2.25. The second-order valence-electron chi connectivity index (χ2n) is 6.72. The molecule has 1 aliphatic rings. The summed E-state index contributed by atoms with van der Waals surface area (Å²) in [6.07, 6.45) is 4.94. The van der Waals surface area contributed by atoms with Gasteiger partial charge in [-0.1, -0.05) is 6.07 Å². The number of benzene rings is 1. The molecule has 3 aromatic rings. The molecule has 8 heteroatoms. The smallest absolute Gasteiger partial charge is 0.264 e. The molecule has 0 spiro atoms. The van der Waals surface area contributed by atoms with Crippen LogP contribution >= 0.6 is 0 Å². The van der Waals surface area contributed by atoms with Gasteiger partial charge in [0.05, 0.1) is 24.0 Å². The van der Waals surface area contributed by atoms with Crippen LogP contribution in [0.15, 0.2) is 41.3 Å². The summed E-state index contributed by atoms with van der Waals surface area (Å²) in [7, 11) is 0. The number of hydrogen-bond acceptors (Lipinski definition) is 5. The fraction of sp³-hybridized carbons (Fsp3) is 0.300. The van der Waals surface area contributed by atoms with Crippen molar-refractivity contribution in [2.75, 3.05) is 13.2 Å². The maximum Gasteiger partial charge on any atom is 0.264 e. The highest BCUT2D eigenvalue weighted by Gasteiger charge is 2.16. The van der Waals surface area contributed by atoms with Gasteiger partial charge >= 0.3 is 0 Å². The largest absolute Gasteiger partial charge is 0.492 e. The van der Waals surface area contributed by atoms with Gasteiger partial charge in [0.15, 0.2) is 5.82 Å². The summed E-state index contributed by atoms with van der Waals surface area (Å²) in [4.78, 5) is 23.6. The molecular formula is C20H21N5O3. The molecule has 144 valence electrons. The third kappa shape index (κ3) is 3.66. The number of carbonyl (C=O) groups excluding carboxylic acids is 1. The summed E-state index contributed by atoms with van der Waals surface area (Å²) in [5.74, 6) is 1.05. The molecule has 1 amide bonds. The Bertz CT molecular complexity index is 1050. The molecule has 0 aliphatic heterocycles. The number of hydrogen-bond donors (Lipinski definition) is 2. The van der Waals surface area contributed by atoms with Crippen LogP contribution in [0.1, 0.15) is 33.6 Å².